The van der Waals surface area contributed by atoms with Gasteiger partial charge in [-0.05, 0) is 13.8 Å². The van der Waals surface area contributed by atoms with Gasteiger partial charge in [0.25, 0.3) is 0 Å². The summed E-state index contributed by atoms with van der Waals surface area (Å²) in [5, 5.41) is 0. The minimum absolute atomic E-state index is 0.828. The van der Waals surface area contributed by atoms with Crippen LogP contribution < -0.4 is 0 Å². The van der Waals surface area contributed by atoms with Crippen LogP contribution in [-0.4, -0.2) is 24.0 Å². The Bertz CT molecular complexity index is 507. The summed E-state index contributed by atoms with van der Waals surface area (Å²) in [4.78, 5) is 12.9. The highest BCUT2D eigenvalue weighted by Crippen LogP contribution is 2.37. The molecule has 0 radical (unpaired) electrons. The molecule has 1 rings (SSSR count). The van der Waals surface area contributed by atoms with E-state index in [1.165, 1.54) is 0 Å². The van der Waals surface area contributed by atoms with E-state index in [2.05, 4.69) is 23.1 Å². The number of aliphatic imine (C=N–C) groups is 2. The molecule has 0 aromatic heterocycles. The van der Waals surface area contributed by atoms with E-state index < -0.39 is 0 Å². The monoisotopic (exact) mass is 273 g/mol. The Kier molecular flexibility index (Phi) is 6.09. The Labute approximate surface area is 119 Å². The van der Waals surface area contributed by atoms with Crippen molar-refractivity contribution in [2.75, 3.05) is 7.05 Å². The van der Waals surface area contributed by atoms with Crippen molar-refractivity contribution >= 4 is 23.8 Å². The van der Waals surface area contributed by atoms with Gasteiger partial charge in [0.2, 0.25) is 0 Å². The number of likely N-dealkylation sites (N-methyl/N-ethyl adjacent to an activating group) is 1. The molecular formula is C15H19N3S. The lowest BCUT2D eigenvalue weighted by atomic mass is 10.3. The van der Waals surface area contributed by atoms with Crippen LogP contribution in [0.1, 0.15) is 13.8 Å². The number of nitrogens with zero attached hydrogens (tertiary/aromatic N) is 3. The first-order chi connectivity index (χ1) is 9.19. The molecule has 1 aliphatic rings. The van der Waals surface area contributed by atoms with E-state index in [0.29, 0.717) is 0 Å². The van der Waals surface area contributed by atoms with Crippen LogP contribution in [0.2, 0.25) is 0 Å². The molecule has 100 valence electrons. The minimum atomic E-state index is 0.828. The van der Waals surface area contributed by atoms with Gasteiger partial charge in [-0.3, -0.25) is 0 Å². The molecule has 0 N–H and O–H groups in total. The van der Waals surface area contributed by atoms with Crippen molar-refractivity contribution in [1.82, 2.24) is 4.90 Å². The summed E-state index contributed by atoms with van der Waals surface area (Å²) in [5.41, 5.74) is 0. The molecule has 4 heteroatoms. The summed E-state index contributed by atoms with van der Waals surface area (Å²) >= 11 is 1.62. The molecule has 1 aliphatic heterocycles. The van der Waals surface area contributed by atoms with E-state index in [0.717, 1.165) is 21.5 Å². The van der Waals surface area contributed by atoms with Crippen molar-refractivity contribution < 1.29 is 0 Å². The van der Waals surface area contributed by atoms with Crippen molar-refractivity contribution in [3.05, 3.63) is 59.3 Å². The van der Waals surface area contributed by atoms with Crippen molar-refractivity contribution in [2.45, 2.75) is 13.8 Å². The van der Waals surface area contributed by atoms with E-state index in [-0.39, 0.29) is 0 Å². The van der Waals surface area contributed by atoms with Crippen LogP contribution >= 0.6 is 11.8 Å². The van der Waals surface area contributed by atoms with Crippen LogP contribution in [0.25, 0.3) is 0 Å². The van der Waals surface area contributed by atoms with Crippen LogP contribution in [0.5, 0.6) is 0 Å². The average Bonchev–Trinajstić information content (AvgIpc) is 2.44. The SMILES string of the molecule is C=C/C=N\C1=C(C=C)SC(=C/C)/C(=N\C=C/C)N1C. The number of thioether (sulfide) groups is 1. The van der Waals surface area contributed by atoms with Crippen molar-refractivity contribution in [3.8, 4) is 0 Å². The zero-order valence-electron chi connectivity index (χ0n) is 11.6. The topological polar surface area (TPSA) is 28.0 Å². The quantitative estimate of drug-likeness (QED) is 0.721. The van der Waals surface area contributed by atoms with Crippen LogP contribution in [0, 0.1) is 0 Å². The van der Waals surface area contributed by atoms with Gasteiger partial charge in [-0.15, -0.1) is 0 Å². The number of amidine groups is 1. The Balaban J connectivity index is 3.34. The maximum absolute atomic E-state index is 4.47. The predicted molar refractivity (Wildman–Crippen MR) is 87.3 cm³/mol. The lowest BCUT2D eigenvalue weighted by molar-refractivity contribution is 0.616. The molecule has 0 aromatic carbocycles. The highest BCUT2D eigenvalue weighted by molar-refractivity contribution is 8.07. The molecule has 0 fully saturated rings. The summed E-state index contributed by atoms with van der Waals surface area (Å²) in [7, 11) is 1.95. The van der Waals surface area contributed by atoms with Crippen LogP contribution in [0.15, 0.2) is 69.3 Å². The Morgan fingerprint density at radius 1 is 1.26 bits per heavy atom. The van der Waals surface area contributed by atoms with Crippen molar-refractivity contribution in [2.24, 2.45) is 9.98 Å². The molecule has 0 aliphatic carbocycles. The summed E-state index contributed by atoms with van der Waals surface area (Å²) in [6, 6.07) is 0. The highest BCUT2D eigenvalue weighted by atomic mass is 32.2. The molecule has 19 heavy (non-hydrogen) atoms. The van der Waals surface area contributed by atoms with Gasteiger partial charge in [0.05, 0.1) is 9.81 Å². The van der Waals surface area contributed by atoms with Crippen LogP contribution in [-0.2, 0) is 0 Å². The number of allylic oxidation sites excluding steroid dienone is 4. The zero-order valence-corrected chi connectivity index (χ0v) is 12.4. The fourth-order valence-electron chi connectivity index (χ4n) is 1.53. The second-order valence-corrected chi connectivity index (χ2v) is 4.74. The van der Waals surface area contributed by atoms with Gasteiger partial charge in [-0.25, -0.2) is 9.98 Å². The summed E-state index contributed by atoms with van der Waals surface area (Å²) < 4.78 is 0. The van der Waals surface area contributed by atoms with Gasteiger partial charge in [0, 0.05) is 19.5 Å². The molecule has 0 saturated heterocycles. The van der Waals surface area contributed by atoms with E-state index in [1.807, 2.05) is 44.0 Å². The van der Waals surface area contributed by atoms with E-state index in [1.54, 1.807) is 30.3 Å². The van der Waals surface area contributed by atoms with Crippen LogP contribution in [0.3, 0.4) is 0 Å². The summed E-state index contributed by atoms with van der Waals surface area (Å²) in [6.45, 7) is 11.4. The molecule has 0 amide bonds. The fraction of sp³-hybridized carbons (Fsp3) is 0.200. The Morgan fingerprint density at radius 2 is 2.00 bits per heavy atom. The fourth-order valence-corrected chi connectivity index (χ4v) is 2.53. The first kappa shape index (κ1) is 15.2. The van der Waals surface area contributed by atoms with E-state index in [9.17, 15) is 0 Å². The number of rotatable bonds is 4. The standard InChI is InChI=1S/C15H19N3S/c1-6-10-16-14-12(8-3)19-13(9-4)15(18(14)5)17-11-7-2/h6-11H,1,3H2,2,4-5H3/b11-7-,13-9+,16-10-,17-15+. The van der Waals surface area contributed by atoms with Gasteiger partial charge >= 0.3 is 0 Å². The number of hydrogen-bond acceptors (Lipinski definition) is 3. The largest absolute Gasteiger partial charge is 0.312 e. The molecule has 1 heterocycles. The molecule has 3 nitrogen and oxygen atoms in total. The first-order valence-electron chi connectivity index (χ1n) is 5.98. The molecule has 0 saturated carbocycles. The molecule has 0 atom stereocenters. The normalized spacial score (nSPS) is 21.1. The van der Waals surface area contributed by atoms with Crippen LogP contribution in [0.4, 0.5) is 0 Å². The molecule has 0 bridgehead atoms. The first-order valence-corrected chi connectivity index (χ1v) is 6.80. The lowest BCUT2D eigenvalue weighted by Crippen LogP contribution is -2.30. The van der Waals surface area contributed by atoms with E-state index >= 15 is 0 Å². The average molecular weight is 273 g/mol. The smallest absolute Gasteiger partial charge is 0.147 e. The van der Waals surface area contributed by atoms with Gasteiger partial charge in [-0.1, -0.05) is 49.2 Å². The maximum atomic E-state index is 4.47. The van der Waals surface area contributed by atoms with Gasteiger partial charge in [0.1, 0.15) is 11.7 Å². The third-order valence-electron chi connectivity index (χ3n) is 2.39. The predicted octanol–water partition coefficient (Wildman–Crippen LogP) is 4.11. The second kappa shape index (κ2) is 7.59. The molecule has 0 unspecified atom stereocenters. The van der Waals surface area contributed by atoms with Crippen molar-refractivity contribution in [1.29, 1.82) is 0 Å². The second-order valence-electron chi connectivity index (χ2n) is 3.65. The highest BCUT2D eigenvalue weighted by Gasteiger charge is 2.24. The minimum Gasteiger partial charge on any atom is -0.312 e. The molecule has 0 spiro atoms. The van der Waals surface area contributed by atoms with Crippen molar-refractivity contribution in [3.63, 3.8) is 0 Å². The lowest BCUT2D eigenvalue weighted by Gasteiger charge is -2.29. The Morgan fingerprint density at radius 3 is 2.53 bits per heavy atom. The summed E-state index contributed by atoms with van der Waals surface area (Å²) in [6.07, 6.45) is 10.9. The molecule has 0 aromatic rings. The van der Waals surface area contributed by atoms with Gasteiger partial charge in [-0.2, -0.15) is 0 Å². The molecular weight excluding hydrogens is 254 g/mol. The number of hydrogen-bond donors (Lipinski definition) is 0. The summed E-state index contributed by atoms with van der Waals surface area (Å²) in [5.74, 6) is 1.71. The van der Waals surface area contributed by atoms with E-state index in [4.69, 9.17) is 0 Å². The zero-order chi connectivity index (χ0) is 14.3. The maximum Gasteiger partial charge on any atom is 0.147 e. The third kappa shape index (κ3) is 3.58. The van der Waals surface area contributed by atoms with Gasteiger partial charge in [0.15, 0.2) is 0 Å². The van der Waals surface area contributed by atoms with Gasteiger partial charge < -0.3 is 4.90 Å². The Hall–Kier alpha value is -1.81. The third-order valence-corrected chi connectivity index (χ3v) is 3.60.